The Hall–Kier alpha value is -2.57. The predicted octanol–water partition coefficient (Wildman–Crippen LogP) is 2.99. The number of amides is 1. The molecule has 1 aromatic carbocycles. The molecule has 1 aromatic heterocycles. The number of carbonyl (C=O) groups excluding carboxylic acids is 1. The SMILES string of the molecule is Cc1ccc(C(=O)N[C@@H]2C[C@@H]2c2ccccc2C(F)(F)F)c(=O)[nH]1. The molecule has 0 spiro atoms. The second-order valence-corrected chi connectivity index (χ2v) is 5.89. The zero-order chi connectivity index (χ0) is 17.5. The number of benzene rings is 1. The van der Waals surface area contributed by atoms with Gasteiger partial charge in [-0.15, -0.1) is 0 Å². The standard InChI is InChI=1S/C17H15F3N2O2/c1-9-6-7-11(15(23)21-9)16(24)22-14-8-12(14)10-4-2-3-5-13(10)17(18,19)20/h2-7,12,14H,8H2,1H3,(H,21,23)(H,22,24)/t12-,14-/m1/s1. The molecule has 0 aliphatic heterocycles. The van der Waals surface area contributed by atoms with E-state index in [-0.39, 0.29) is 11.1 Å². The van der Waals surface area contributed by atoms with Gasteiger partial charge < -0.3 is 10.3 Å². The number of alkyl halides is 3. The lowest BCUT2D eigenvalue weighted by Gasteiger charge is -2.12. The minimum atomic E-state index is -4.43. The lowest BCUT2D eigenvalue weighted by atomic mass is 10.0. The maximum absolute atomic E-state index is 13.0. The quantitative estimate of drug-likeness (QED) is 0.905. The summed E-state index contributed by atoms with van der Waals surface area (Å²) in [6.07, 6.45) is -4.01. The normalized spacial score (nSPS) is 19.8. The molecular weight excluding hydrogens is 321 g/mol. The molecule has 1 fully saturated rings. The molecular formula is C17H15F3N2O2. The number of H-pyrrole nitrogens is 1. The van der Waals surface area contributed by atoms with Crippen LogP contribution in [0.25, 0.3) is 0 Å². The molecule has 1 aliphatic carbocycles. The first-order valence-corrected chi connectivity index (χ1v) is 7.44. The minimum Gasteiger partial charge on any atom is -0.348 e. The largest absolute Gasteiger partial charge is 0.416 e. The highest BCUT2D eigenvalue weighted by Gasteiger charge is 2.45. The van der Waals surface area contributed by atoms with Crippen molar-refractivity contribution in [2.24, 2.45) is 0 Å². The number of carbonyl (C=O) groups is 1. The van der Waals surface area contributed by atoms with E-state index in [1.54, 1.807) is 19.1 Å². The van der Waals surface area contributed by atoms with Crippen LogP contribution in [0.5, 0.6) is 0 Å². The number of aryl methyl sites for hydroxylation is 1. The zero-order valence-electron chi connectivity index (χ0n) is 12.8. The van der Waals surface area contributed by atoms with Gasteiger partial charge in [-0.1, -0.05) is 18.2 Å². The molecule has 4 nitrogen and oxygen atoms in total. The molecule has 2 atom stereocenters. The van der Waals surface area contributed by atoms with Gasteiger partial charge in [0.1, 0.15) is 5.56 Å². The van der Waals surface area contributed by atoms with Crippen molar-refractivity contribution in [3.05, 3.63) is 69.1 Å². The molecule has 1 amide bonds. The van der Waals surface area contributed by atoms with E-state index in [4.69, 9.17) is 0 Å². The third-order valence-corrected chi connectivity index (χ3v) is 4.07. The lowest BCUT2D eigenvalue weighted by Crippen LogP contribution is -2.32. The molecule has 1 saturated carbocycles. The topological polar surface area (TPSA) is 62.0 Å². The molecule has 2 aromatic rings. The van der Waals surface area contributed by atoms with E-state index in [1.165, 1.54) is 18.2 Å². The molecule has 0 bridgehead atoms. The van der Waals surface area contributed by atoms with Gasteiger partial charge in [0.2, 0.25) is 0 Å². The van der Waals surface area contributed by atoms with Gasteiger partial charge in [-0.3, -0.25) is 9.59 Å². The van der Waals surface area contributed by atoms with Crippen LogP contribution in [0, 0.1) is 6.92 Å². The van der Waals surface area contributed by atoms with Crippen LogP contribution in [0.2, 0.25) is 0 Å². The van der Waals surface area contributed by atoms with E-state index in [0.29, 0.717) is 12.1 Å². The summed E-state index contributed by atoms with van der Waals surface area (Å²) in [4.78, 5) is 26.4. The summed E-state index contributed by atoms with van der Waals surface area (Å²) in [5.74, 6) is -0.968. The van der Waals surface area contributed by atoms with Gasteiger partial charge in [0.25, 0.3) is 11.5 Å². The average molecular weight is 336 g/mol. The summed E-state index contributed by atoms with van der Waals surface area (Å²) >= 11 is 0. The summed E-state index contributed by atoms with van der Waals surface area (Å²) in [6, 6.07) is 7.96. The third kappa shape index (κ3) is 3.20. The molecule has 2 N–H and O–H groups in total. The van der Waals surface area contributed by atoms with Gasteiger partial charge in [-0.2, -0.15) is 13.2 Å². The number of nitrogens with one attached hydrogen (secondary N) is 2. The Balaban J connectivity index is 1.75. The van der Waals surface area contributed by atoms with Crippen molar-refractivity contribution >= 4 is 5.91 Å². The van der Waals surface area contributed by atoms with Crippen molar-refractivity contribution in [3.8, 4) is 0 Å². The number of halogens is 3. The second kappa shape index (κ2) is 5.81. The van der Waals surface area contributed by atoms with Crippen molar-refractivity contribution in [1.29, 1.82) is 0 Å². The summed E-state index contributed by atoms with van der Waals surface area (Å²) in [7, 11) is 0. The first kappa shape index (κ1) is 16.3. The third-order valence-electron chi connectivity index (χ3n) is 4.07. The van der Waals surface area contributed by atoms with Crippen molar-refractivity contribution in [1.82, 2.24) is 10.3 Å². The number of hydrogen-bond donors (Lipinski definition) is 2. The smallest absolute Gasteiger partial charge is 0.348 e. The van der Waals surface area contributed by atoms with E-state index >= 15 is 0 Å². The molecule has 7 heteroatoms. The van der Waals surface area contributed by atoms with E-state index in [2.05, 4.69) is 10.3 Å². The molecule has 0 unspecified atom stereocenters. The Morgan fingerprint density at radius 3 is 2.58 bits per heavy atom. The van der Waals surface area contributed by atoms with E-state index in [9.17, 15) is 22.8 Å². The Labute approximate surface area is 135 Å². The van der Waals surface area contributed by atoms with Gasteiger partial charge in [-0.05, 0) is 37.1 Å². The van der Waals surface area contributed by atoms with Gasteiger partial charge in [-0.25, -0.2) is 0 Å². The predicted molar refractivity (Wildman–Crippen MR) is 81.9 cm³/mol. The number of aromatic amines is 1. The Morgan fingerprint density at radius 2 is 1.92 bits per heavy atom. The highest BCUT2D eigenvalue weighted by atomic mass is 19.4. The fraction of sp³-hybridized carbons (Fsp3) is 0.294. The van der Waals surface area contributed by atoms with Crippen LogP contribution >= 0.6 is 0 Å². The second-order valence-electron chi connectivity index (χ2n) is 5.89. The molecule has 0 radical (unpaired) electrons. The van der Waals surface area contributed by atoms with Crippen LogP contribution in [-0.2, 0) is 6.18 Å². The number of hydrogen-bond acceptors (Lipinski definition) is 2. The summed E-state index contributed by atoms with van der Waals surface area (Å²) in [5, 5.41) is 2.63. The first-order chi connectivity index (χ1) is 11.3. The number of pyridine rings is 1. The summed E-state index contributed by atoms with van der Waals surface area (Å²) in [6.45, 7) is 1.69. The number of aromatic nitrogens is 1. The highest BCUT2D eigenvalue weighted by Crippen LogP contribution is 2.46. The zero-order valence-corrected chi connectivity index (χ0v) is 12.8. The van der Waals surface area contributed by atoms with Gasteiger partial charge in [0.15, 0.2) is 0 Å². The van der Waals surface area contributed by atoms with Crippen molar-refractivity contribution < 1.29 is 18.0 Å². The van der Waals surface area contributed by atoms with Crippen LogP contribution in [0.15, 0.2) is 41.2 Å². The number of rotatable bonds is 3. The highest BCUT2D eigenvalue weighted by molar-refractivity contribution is 5.94. The fourth-order valence-electron chi connectivity index (χ4n) is 2.77. The first-order valence-electron chi connectivity index (χ1n) is 7.44. The summed E-state index contributed by atoms with van der Waals surface area (Å²) < 4.78 is 39.1. The van der Waals surface area contributed by atoms with Crippen LogP contribution in [0.4, 0.5) is 13.2 Å². The Kier molecular flexibility index (Phi) is 3.95. The summed E-state index contributed by atoms with van der Waals surface area (Å²) in [5.41, 5.74) is -0.441. The van der Waals surface area contributed by atoms with Crippen molar-refractivity contribution in [2.75, 3.05) is 0 Å². The fourth-order valence-corrected chi connectivity index (χ4v) is 2.77. The monoisotopic (exact) mass is 336 g/mol. The molecule has 3 rings (SSSR count). The van der Waals surface area contributed by atoms with Crippen molar-refractivity contribution in [2.45, 2.75) is 31.5 Å². The van der Waals surface area contributed by atoms with E-state index in [1.807, 2.05) is 0 Å². The van der Waals surface area contributed by atoms with Crippen LogP contribution in [-0.4, -0.2) is 16.9 Å². The maximum atomic E-state index is 13.0. The van der Waals surface area contributed by atoms with E-state index in [0.717, 1.165) is 6.07 Å². The van der Waals surface area contributed by atoms with Crippen molar-refractivity contribution in [3.63, 3.8) is 0 Å². The van der Waals surface area contributed by atoms with Gasteiger partial charge >= 0.3 is 6.18 Å². The van der Waals surface area contributed by atoms with Gasteiger partial charge in [0.05, 0.1) is 5.56 Å². The molecule has 1 heterocycles. The molecule has 126 valence electrons. The van der Waals surface area contributed by atoms with Crippen LogP contribution in [0.3, 0.4) is 0 Å². The Bertz CT molecular complexity index is 842. The minimum absolute atomic E-state index is 0.0460. The molecule has 0 saturated heterocycles. The maximum Gasteiger partial charge on any atom is 0.416 e. The van der Waals surface area contributed by atoms with E-state index < -0.39 is 35.2 Å². The van der Waals surface area contributed by atoms with Gasteiger partial charge in [0, 0.05) is 17.7 Å². The molecule has 24 heavy (non-hydrogen) atoms. The van der Waals surface area contributed by atoms with Crippen LogP contribution in [0.1, 0.15) is 39.5 Å². The lowest BCUT2D eigenvalue weighted by molar-refractivity contribution is -0.138. The average Bonchev–Trinajstić information content (AvgIpc) is 3.25. The Morgan fingerprint density at radius 1 is 1.21 bits per heavy atom. The van der Waals surface area contributed by atoms with Crippen LogP contribution < -0.4 is 10.9 Å². The molecule has 1 aliphatic rings.